The normalized spacial score (nSPS) is 9.62. The lowest BCUT2D eigenvalue weighted by molar-refractivity contribution is -0.116. The maximum atomic E-state index is 10.6. The smallest absolute Gasteiger partial charge is 0.237 e. The molecule has 0 atom stereocenters. The molecule has 0 aliphatic heterocycles. The van der Waals surface area contributed by atoms with Crippen LogP contribution in [0.3, 0.4) is 0 Å². The minimum atomic E-state index is -0.428. The number of likely N-dealkylation sites (N-methyl/N-ethyl adjacent to an activating group) is 1. The van der Waals surface area contributed by atoms with E-state index in [4.69, 9.17) is 11.5 Å². The number of amides is 1. The summed E-state index contributed by atoms with van der Waals surface area (Å²) in [5, 5.41) is 0. The summed E-state index contributed by atoms with van der Waals surface area (Å²) >= 11 is 0. The molecule has 0 spiro atoms. The number of nitrogen functional groups attached to an aromatic ring is 1. The number of anilines is 2. The van der Waals surface area contributed by atoms with E-state index in [0.29, 0.717) is 11.6 Å². The van der Waals surface area contributed by atoms with Gasteiger partial charge < -0.3 is 16.4 Å². The summed E-state index contributed by atoms with van der Waals surface area (Å²) in [5.74, 6) is -0.00377. The summed E-state index contributed by atoms with van der Waals surface area (Å²) in [7, 11) is 1.68. The Hall–Kier alpha value is -1.85. The summed E-state index contributed by atoms with van der Waals surface area (Å²) in [4.78, 5) is 19.9. The topological polar surface area (TPSA) is 98.1 Å². The van der Waals surface area contributed by atoms with Crippen LogP contribution in [0, 0.1) is 0 Å². The number of hydrogen-bond donors (Lipinski definition) is 2. The van der Waals surface area contributed by atoms with Crippen molar-refractivity contribution in [1.82, 2.24) is 9.97 Å². The maximum absolute atomic E-state index is 10.6. The molecule has 0 saturated carbocycles. The van der Waals surface area contributed by atoms with E-state index in [-0.39, 0.29) is 6.54 Å². The number of hydrogen-bond acceptors (Lipinski definition) is 5. The molecule has 13 heavy (non-hydrogen) atoms. The van der Waals surface area contributed by atoms with Crippen LogP contribution in [0.2, 0.25) is 0 Å². The van der Waals surface area contributed by atoms with E-state index in [0.717, 1.165) is 0 Å². The second-order valence-corrected chi connectivity index (χ2v) is 2.64. The van der Waals surface area contributed by atoms with E-state index < -0.39 is 5.91 Å². The first-order valence-corrected chi connectivity index (χ1v) is 3.66. The van der Waals surface area contributed by atoms with Gasteiger partial charge in [0, 0.05) is 7.05 Å². The van der Waals surface area contributed by atoms with Crippen LogP contribution in [0.15, 0.2) is 12.4 Å². The van der Waals surface area contributed by atoms with E-state index in [2.05, 4.69) is 9.97 Å². The Kier molecular flexibility index (Phi) is 2.63. The quantitative estimate of drug-likeness (QED) is 0.622. The molecule has 1 aromatic rings. The number of rotatable bonds is 3. The lowest BCUT2D eigenvalue weighted by Crippen LogP contribution is -2.31. The molecule has 1 heterocycles. The molecule has 0 aromatic carbocycles. The molecule has 0 radical (unpaired) electrons. The van der Waals surface area contributed by atoms with E-state index in [1.807, 2.05) is 0 Å². The van der Waals surface area contributed by atoms with Crippen LogP contribution >= 0.6 is 0 Å². The zero-order valence-corrected chi connectivity index (χ0v) is 7.27. The van der Waals surface area contributed by atoms with Gasteiger partial charge in [-0.05, 0) is 0 Å². The lowest BCUT2D eigenvalue weighted by Gasteiger charge is -2.13. The predicted octanol–water partition coefficient (Wildman–Crippen LogP) is -1.02. The molecule has 0 bridgehead atoms. The standard InChI is InChI=1S/C7H11N5O/c1-12(4-6(9)13)7-10-2-5(8)3-11-7/h2-3H,4,8H2,1H3,(H2,9,13). The van der Waals surface area contributed by atoms with Crippen LogP contribution in [-0.2, 0) is 4.79 Å². The van der Waals surface area contributed by atoms with Crippen LogP contribution in [0.1, 0.15) is 0 Å². The first-order chi connectivity index (χ1) is 6.09. The van der Waals surface area contributed by atoms with Crippen molar-refractivity contribution < 1.29 is 4.79 Å². The fraction of sp³-hybridized carbons (Fsp3) is 0.286. The fourth-order valence-corrected chi connectivity index (χ4v) is 0.833. The molecule has 1 amide bonds. The van der Waals surface area contributed by atoms with Gasteiger partial charge >= 0.3 is 0 Å². The molecular weight excluding hydrogens is 170 g/mol. The Morgan fingerprint density at radius 1 is 1.54 bits per heavy atom. The first-order valence-electron chi connectivity index (χ1n) is 3.66. The highest BCUT2D eigenvalue weighted by Crippen LogP contribution is 2.04. The zero-order chi connectivity index (χ0) is 9.84. The van der Waals surface area contributed by atoms with E-state index in [1.165, 1.54) is 12.4 Å². The van der Waals surface area contributed by atoms with Gasteiger partial charge in [-0.15, -0.1) is 0 Å². The predicted molar refractivity (Wildman–Crippen MR) is 48.9 cm³/mol. The summed E-state index contributed by atoms with van der Waals surface area (Å²) in [6.45, 7) is 0.0872. The highest BCUT2D eigenvalue weighted by molar-refractivity contribution is 5.78. The molecule has 6 nitrogen and oxygen atoms in total. The van der Waals surface area contributed by atoms with Crippen LogP contribution in [0.4, 0.5) is 11.6 Å². The highest BCUT2D eigenvalue weighted by atomic mass is 16.1. The molecule has 0 aliphatic rings. The van der Waals surface area contributed by atoms with Crippen molar-refractivity contribution in [3.05, 3.63) is 12.4 Å². The molecule has 70 valence electrons. The third kappa shape index (κ3) is 2.58. The van der Waals surface area contributed by atoms with Crippen molar-refractivity contribution in [2.45, 2.75) is 0 Å². The second kappa shape index (κ2) is 3.70. The Labute approximate surface area is 75.6 Å². The summed E-state index contributed by atoms with van der Waals surface area (Å²) < 4.78 is 0. The van der Waals surface area contributed by atoms with Crippen molar-refractivity contribution in [3.8, 4) is 0 Å². The maximum Gasteiger partial charge on any atom is 0.237 e. The third-order valence-corrected chi connectivity index (χ3v) is 1.39. The average molecular weight is 181 g/mol. The van der Waals surface area contributed by atoms with E-state index in [1.54, 1.807) is 11.9 Å². The number of carbonyl (C=O) groups is 1. The van der Waals surface area contributed by atoms with Crippen molar-refractivity contribution in [2.24, 2.45) is 5.73 Å². The SMILES string of the molecule is CN(CC(N)=O)c1ncc(N)cn1. The molecule has 6 heteroatoms. The molecule has 0 unspecified atom stereocenters. The summed E-state index contributed by atoms with van der Waals surface area (Å²) in [6.07, 6.45) is 2.94. The van der Waals surface area contributed by atoms with Gasteiger partial charge in [0.1, 0.15) is 0 Å². The van der Waals surface area contributed by atoms with E-state index >= 15 is 0 Å². The fourth-order valence-electron chi connectivity index (χ4n) is 0.833. The molecule has 0 aliphatic carbocycles. The number of primary amides is 1. The van der Waals surface area contributed by atoms with Crippen molar-refractivity contribution in [2.75, 3.05) is 24.2 Å². The Morgan fingerprint density at radius 3 is 2.54 bits per heavy atom. The average Bonchev–Trinajstić information content (AvgIpc) is 2.04. The Balaban J connectivity index is 2.71. The van der Waals surface area contributed by atoms with Gasteiger partial charge in [0.25, 0.3) is 0 Å². The van der Waals surface area contributed by atoms with Gasteiger partial charge in [-0.3, -0.25) is 4.79 Å². The van der Waals surface area contributed by atoms with Gasteiger partial charge in [0.2, 0.25) is 11.9 Å². The minimum Gasteiger partial charge on any atom is -0.396 e. The minimum absolute atomic E-state index is 0.0872. The molecule has 0 fully saturated rings. The van der Waals surface area contributed by atoms with Crippen LogP contribution in [0.25, 0.3) is 0 Å². The van der Waals surface area contributed by atoms with Gasteiger partial charge in [-0.2, -0.15) is 0 Å². The Morgan fingerprint density at radius 2 is 2.08 bits per heavy atom. The third-order valence-electron chi connectivity index (χ3n) is 1.39. The molecule has 1 rings (SSSR count). The lowest BCUT2D eigenvalue weighted by atomic mass is 10.5. The van der Waals surface area contributed by atoms with Crippen LogP contribution in [-0.4, -0.2) is 29.5 Å². The number of nitrogens with two attached hydrogens (primary N) is 2. The number of aromatic nitrogens is 2. The molecule has 0 saturated heterocycles. The van der Waals surface area contributed by atoms with Gasteiger partial charge in [0.05, 0.1) is 24.6 Å². The van der Waals surface area contributed by atoms with Gasteiger partial charge in [-0.1, -0.05) is 0 Å². The first kappa shape index (κ1) is 9.24. The van der Waals surface area contributed by atoms with Crippen molar-refractivity contribution in [1.29, 1.82) is 0 Å². The van der Waals surface area contributed by atoms with Crippen LogP contribution in [0.5, 0.6) is 0 Å². The monoisotopic (exact) mass is 181 g/mol. The zero-order valence-electron chi connectivity index (χ0n) is 7.27. The van der Waals surface area contributed by atoms with Crippen molar-refractivity contribution >= 4 is 17.5 Å². The van der Waals surface area contributed by atoms with Crippen LogP contribution < -0.4 is 16.4 Å². The number of nitrogens with zero attached hydrogens (tertiary/aromatic N) is 3. The largest absolute Gasteiger partial charge is 0.396 e. The van der Waals surface area contributed by atoms with Gasteiger partial charge in [-0.25, -0.2) is 9.97 Å². The molecular formula is C7H11N5O. The Bertz CT molecular complexity index is 296. The molecule has 1 aromatic heterocycles. The molecule has 4 N–H and O–H groups in total. The number of carbonyl (C=O) groups excluding carboxylic acids is 1. The van der Waals surface area contributed by atoms with Gasteiger partial charge in [0.15, 0.2) is 0 Å². The summed E-state index contributed by atoms with van der Waals surface area (Å²) in [6, 6.07) is 0. The summed E-state index contributed by atoms with van der Waals surface area (Å²) in [5.41, 5.74) is 10.9. The highest BCUT2D eigenvalue weighted by Gasteiger charge is 2.05. The van der Waals surface area contributed by atoms with Crippen molar-refractivity contribution in [3.63, 3.8) is 0 Å². The van der Waals surface area contributed by atoms with E-state index in [9.17, 15) is 4.79 Å². The second-order valence-electron chi connectivity index (χ2n) is 2.64.